The number of ether oxygens (including phenoxy) is 3. The third kappa shape index (κ3) is 4.88. The predicted octanol–water partition coefficient (Wildman–Crippen LogP) is 2.48. The van der Waals surface area contributed by atoms with Crippen LogP contribution in [0.3, 0.4) is 0 Å². The average Bonchev–Trinajstić information content (AvgIpc) is 2.77. The minimum atomic E-state index is -0.794. The van der Waals surface area contributed by atoms with Crippen molar-refractivity contribution in [2.75, 3.05) is 44.9 Å². The number of rotatable bonds is 7. The summed E-state index contributed by atoms with van der Waals surface area (Å²) >= 11 is 0. The number of nitrogens with zero attached hydrogens (tertiary/aromatic N) is 2. The highest BCUT2D eigenvalue weighted by atomic mass is 16.6. The molecule has 1 aliphatic rings. The molecule has 2 aromatic carbocycles. The van der Waals surface area contributed by atoms with E-state index in [0.717, 1.165) is 0 Å². The van der Waals surface area contributed by atoms with Gasteiger partial charge in [0.1, 0.15) is 5.75 Å². The first-order valence-corrected chi connectivity index (χ1v) is 8.95. The van der Waals surface area contributed by atoms with Crippen LogP contribution < -0.4 is 9.64 Å². The van der Waals surface area contributed by atoms with Gasteiger partial charge in [-0.2, -0.15) is 0 Å². The maximum absolute atomic E-state index is 12.6. The van der Waals surface area contributed by atoms with E-state index in [9.17, 15) is 19.7 Å². The van der Waals surface area contributed by atoms with Crippen molar-refractivity contribution < 1.29 is 28.7 Å². The van der Waals surface area contributed by atoms with Gasteiger partial charge in [-0.15, -0.1) is 0 Å². The zero-order chi connectivity index (χ0) is 20.8. The molecule has 9 nitrogen and oxygen atoms in total. The summed E-state index contributed by atoms with van der Waals surface area (Å²) in [4.78, 5) is 37.4. The van der Waals surface area contributed by atoms with E-state index in [1.165, 1.54) is 25.3 Å². The molecule has 1 saturated heterocycles. The van der Waals surface area contributed by atoms with Gasteiger partial charge in [0.05, 0.1) is 36.5 Å². The summed E-state index contributed by atoms with van der Waals surface area (Å²) in [6, 6.07) is 10.4. The number of nitro groups is 1. The fourth-order valence-corrected chi connectivity index (χ4v) is 2.95. The first kappa shape index (κ1) is 20.3. The molecule has 0 atom stereocenters. The van der Waals surface area contributed by atoms with Crippen molar-refractivity contribution in [3.8, 4) is 5.75 Å². The van der Waals surface area contributed by atoms with E-state index in [1.54, 1.807) is 24.3 Å². The molecular weight excluding hydrogens is 380 g/mol. The summed E-state index contributed by atoms with van der Waals surface area (Å²) in [6.45, 7) is 1.59. The number of methoxy groups -OCH3 is 1. The molecule has 3 rings (SSSR count). The molecule has 9 heteroatoms. The first-order valence-electron chi connectivity index (χ1n) is 8.95. The lowest BCUT2D eigenvalue weighted by molar-refractivity contribution is -0.384. The Morgan fingerprint density at radius 3 is 2.45 bits per heavy atom. The lowest BCUT2D eigenvalue weighted by atomic mass is 10.1. The Bertz CT molecular complexity index is 906. The van der Waals surface area contributed by atoms with E-state index < -0.39 is 17.5 Å². The zero-order valence-corrected chi connectivity index (χ0v) is 15.8. The molecule has 0 saturated carbocycles. The maximum atomic E-state index is 12.6. The Hall–Kier alpha value is -3.46. The van der Waals surface area contributed by atoms with Crippen LogP contribution in [0.1, 0.15) is 20.7 Å². The Morgan fingerprint density at radius 2 is 1.83 bits per heavy atom. The molecule has 1 aliphatic heterocycles. The smallest absolute Gasteiger partial charge is 0.340 e. The van der Waals surface area contributed by atoms with E-state index in [4.69, 9.17) is 14.2 Å². The highest BCUT2D eigenvalue weighted by Crippen LogP contribution is 2.27. The number of carbonyl (C=O) groups is 2. The van der Waals surface area contributed by atoms with Crippen LogP contribution >= 0.6 is 0 Å². The molecule has 1 heterocycles. The van der Waals surface area contributed by atoms with Crippen LogP contribution in [0.15, 0.2) is 42.5 Å². The third-order valence-corrected chi connectivity index (χ3v) is 4.51. The second-order valence-corrected chi connectivity index (χ2v) is 6.29. The molecule has 0 aliphatic carbocycles. The van der Waals surface area contributed by atoms with Gasteiger partial charge in [0.15, 0.2) is 12.4 Å². The Morgan fingerprint density at radius 1 is 1.14 bits per heavy atom. The molecule has 0 bridgehead atoms. The predicted molar refractivity (Wildman–Crippen MR) is 104 cm³/mol. The standard InChI is InChI=1S/C20H20N2O7/c1-27-16-5-2-14(3-6-16)19(23)13-29-20(24)17-12-15(22(25)26)4-7-18(17)21-8-10-28-11-9-21/h2-7,12H,8-11,13H2,1H3. The Kier molecular flexibility index (Phi) is 6.40. The minimum Gasteiger partial charge on any atom is -0.497 e. The number of benzene rings is 2. The largest absolute Gasteiger partial charge is 0.497 e. The number of esters is 1. The highest BCUT2D eigenvalue weighted by Gasteiger charge is 2.23. The monoisotopic (exact) mass is 400 g/mol. The Balaban J connectivity index is 1.76. The van der Waals surface area contributed by atoms with Gasteiger partial charge in [0.25, 0.3) is 5.69 Å². The number of anilines is 1. The fourth-order valence-electron chi connectivity index (χ4n) is 2.95. The van der Waals surface area contributed by atoms with Gasteiger partial charge in [-0.1, -0.05) is 0 Å². The second-order valence-electron chi connectivity index (χ2n) is 6.29. The number of ketones is 1. The van der Waals surface area contributed by atoms with Crippen molar-refractivity contribution in [1.29, 1.82) is 0 Å². The molecule has 0 amide bonds. The van der Waals surface area contributed by atoms with E-state index in [1.807, 2.05) is 4.90 Å². The van der Waals surface area contributed by atoms with Crippen molar-refractivity contribution in [3.05, 3.63) is 63.7 Å². The van der Waals surface area contributed by atoms with E-state index >= 15 is 0 Å². The summed E-state index contributed by atoms with van der Waals surface area (Å²) in [6.07, 6.45) is 0. The van der Waals surface area contributed by atoms with Crippen molar-refractivity contribution in [2.24, 2.45) is 0 Å². The fraction of sp³-hybridized carbons (Fsp3) is 0.300. The van der Waals surface area contributed by atoms with Crippen LogP contribution in [-0.2, 0) is 9.47 Å². The summed E-state index contributed by atoms with van der Waals surface area (Å²) < 4.78 is 15.5. The van der Waals surface area contributed by atoms with Gasteiger partial charge in [0, 0.05) is 30.8 Å². The van der Waals surface area contributed by atoms with Crippen molar-refractivity contribution >= 4 is 23.1 Å². The molecule has 29 heavy (non-hydrogen) atoms. The molecule has 0 N–H and O–H groups in total. The summed E-state index contributed by atoms with van der Waals surface area (Å²) in [5.41, 5.74) is 0.700. The van der Waals surface area contributed by atoms with Gasteiger partial charge in [-0.05, 0) is 30.3 Å². The molecule has 152 valence electrons. The number of nitro benzene ring substituents is 1. The van der Waals surface area contributed by atoms with Crippen LogP contribution in [0.5, 0.6) is 5.75 Å². The van der Waals surface area contributed by atoms with E-state index in [0.29, 0.717) is 43.3 Å². The molecule has 0 aromatic heterocycles. The van der Waals surface area contributed by atoms with Crippen LogP contribution in [0.25, 0.3) is 0 Å². The first-order chi connectivity index (χ1) is 14.0. The molecule has 0 unspecified atom stereocenters. The lowest BCUT2D eigenvalue weighted by Gasteiger charge is -2.30. The minimum absolute atomic E-state index is 0.0450. The topological polar surface area (TPSA) is 108 Å². The number of morpholine rings is 1. The quantitative estimate of drug-likeness (QED) is 0.302. The molecule has 0 spiro atoms. The zero-order valence-electron chi connectivity index (χ0n) is 15.8. The van der Waals surface area contributed by atoms with Gasteiger partial charge in [0.2, 0.25) is 0 Å². The molecule has 0 radical (unpaired) electrons. The van der Waals surface area contributed by atoms with Crippen LogP contribution in [0, 0.1) is 10.1 Å². The summed E-state index contributed by atoms with van der Waals surface area (Å²) in [7, 11) is 1.52. The molecule has 2 aromatic rings. The number of Topliss-reactive ketones (excluding diaryl/α,β-unsaturated/α-hetero) is 1. The Labute approximate surface area is 166 Å². The van der Waals surface area contributed by atoms with Gasteiger partial charge in [-0.3, -0.25) is 14.9 Å². The highest BCUT2D eigenvalue weighted by molar-refractivity contribution is 6.01. The molecule has 1 fully saturated rings. The average molecular weight is 400 g/mol. The van der Waals surface area contributed by atoms with Crippen LogP contribution in [-0.4, -0.2) is 56.7 Å². The third-order valence-electron chi connectivity index (χ3n) is 4.51. The number of carbonyl (C=O) groups excluding carboxylic acids is 2. The van der Waals surface area contributed by atoms with Crippen molar-refractivity contribution in [2.45, 2.75) is 0 Å². The van der Waals surface area contributed by atoms with Gasteiger partial charge >= 0.3 is 5.97 Å². The SMILES string of the molecule is COc1ccc(C(=O)COC(=O)c2cc([N+](=O)[O-])ccc2N2CCOCC2)cc1. The van der Waals surface area contributed by atoms with Crippen molar-refractivity contribution in [3.63, 3.8) is 0 Å². The molecular formula is C20H20N2O7. The second kappa shape index (κ2) is 9.16. The normalized spacial score (nSPS) is 13.6. The van der Waals surface area contributed by atoms with Gasteiger partial charge < -0.3 is 19.1 Å². The van der Waals surface area contributed by atoms with E-state index in [-0.39, 0.29) is 17.0 Å². The number of hydrogen-bond donors (Lipinski definition) is 0. The lowest BCUT2D eigenvalue weighted by Crippen LogP contribution is -2.37. The summed E-state index contributed by atoms with van der Waals surface area (Å²) in [5, 5.41) is 11.1. The summed E-state index contributed by atoms with van der Waals surface area (Å²) in [5.74, 6) is -0.582. The van der Waals surface area contributed by atoms with Crippen LogP contribution in [0.2, 0.25) is 0 Å². The maximum Gasteiger partial charge on any atom is 0.340 e. The van der Waals surface area contributed by atoms with E-state index in [2.05, 4.69) is 0 Å². The van der Waals surface area contributed by atoms with Crippen molar-refractivity contribution in [1.82, 2.24) is 0 Å². The number of non-ortho nitro benzene ring substituents is 1. The van der Waals surface area contributed by atoms with Gasteiger partial charge in [-0.25, -0.2) is 4.79 Å². The number of hydrogen-bond acceptors (Lipinski definition) is 8. The van der Waals surface area contributed by atoms with Crippen LogP contribution in [0.4, 0.5) is 11.4 Å².